The van der Waals surface area contributed by atoms with E-state index in [2.05, 4.69) is 35.2 Å². The molecule has 5 heteroatoms. The predicted octanol–water partition coefficient (Wildman–Crippen LogP) is 2.76. The first-order valence-corrected chi connectivity index (χ1v) is 9.15. The van der Waals surface area contributed by atoms with Crippen LogP contribution in [0.2, 0.25) is 0 Å². The molecule has 3 rings (SSSR count). The molecular formula is C20H28N4O. The van der Waals surface area contributed by atoms with Crippen molar-refractivity contribution in [2.45, 2.75) is 46.2 Å². The number of carbonyl (C=O) groups excluding carboxylic acids is 1. The minimum atomic E-state index is 0.00344. The fourth-order valence-corrected chi connectivity index (χ4v) is 3.42. The monoisotopic (exact) mass is 340 g/mol. The van der Waals surface area contributed by atoms with Gasteiger partial charge in [-0.2, -0.15) is 5.10 Å². The summed E-state index contributed by atoms with van der Waals surface area (Å²) in [5, 5.41) is 7.54. The van der Waals surface area contributed by atoms with Crippen molar-refractivity contribution in [2.24, 2.45) is 0 Å². The number of benzene rings is 1. The zero-order chi connectivity index (χ0) is 17.8. The van der Waals surface area contributed by atoms with Crippen LogP contribution in [0.4, 0.5) is 0 Å². The number of amides is 1. The van der Waals surface area contributed by atoms with Gasteiger partial charge in [0.1, 0.15) is 0 Å². The maximum Gasteiger partial charge on any atom is 0.251 e. The van der Waals surface area contributed by atoms with E-state index in [0.717, 1.165) is 36.6 Å². The van der Waals surface area contributed by atoms with Gasteiger partial charge in [0.05, 0.1) is 12.2 Å². The highest BCUT2D eigenvalue weighted by Crippen LogP contribution is 2.12. The lowest BCUT2D eigenvalue weighted by Crippen LogP contribution is -2.40. The first kappa shape index (κ1) is 17.7. The minimum Gasteiger partial charge on any atom is -0.350 e. The number of nitrogens with one attached hydrogen (secondary N) is 1. The van der Waals surface area contributed by atoms with E-state index >= 15 is 0 Å². The van der Waals surface area contributed by atoms with Crippen LogP contribution in [0.1, 0.15) is 47.1 Å². The van der Waals surface area contributed by atoms with Crippen molar-refractivity contribution in [1.29, 1.82) is 0 Å². The maximum atomic E-state index is 12.3. The SMILES string of the molecule is Cc1cc(C)n(Cc2ccc(C(=O)NC[C@@H](C)N3CCCC3)cc2)n1. The van der Waals surface area contributed by atoms with E-state index < -0.39 is 0 Å². The Balaban J connectivity index is 1.54. The van der Waals surface area contributed by atoms with Crippen LogP contribution in [0.5, 0.6) is 0 Å². The molecule has 2 aromatic rings. The maximum absolute atomic E-state index is 12.3. The zero-order valence-corrected chi connectivity index (χ0v) is 15.5. The quantitative estimate of drug-likeness (QED) is 0.880. The van der Waals surface area contributed by atoms with Gasteiger partial charge in [-0.1, -0.05) is 12.1 Å². The second-order valence-electron chi connectivity index (χ2n) is 7.08. The molecule has 134 valence electrons. The average Bonchev–Trinajstić information content (AvgIpc) is 3.23. The molecule has 1 atom stereocenters. The summed E-state index contributed by atoms with van der Waals surface area (Å²) in [6.45, 7) is 9.97. The van der Waals surface area contributed by atoms with Gasteiger partial charge >= 0.3 is 0 Å². The van der Waals surface area contributed by atoms with Crippen LogP contribution in [0.25, 0.3) is 0 Å². The van der Waals surface area contributed by atoms with Gasteiger partial charge in [0, 0.05) is 23.8 Å². The van der Waals surface area contributed by atoms with E-state index in [4.69, 9.17) is 0 Å². The lowest BCUT2D eigenvalue weighted by molar-refractivity contribution is 0.0940. The molecule has 1 aromatic heterocycles. The molecule has 0 unspecified atom stereocenters. The number of carbonyl (C=O) groups is 1. The van der Waals surface area contributed by atoms with E-state index in [-0.39, 0.29) is 5.91 Å². The zero-order valence-electron chi connectivity index (χ0n) is 15.5. The Bertz CT molecular complexity index is 714. The van der Waals surface area contributed by atoms with Crippen LogP contribution < -0.4 is 5.32 Å². The van der Waals surface area contributed by atoms with E-state index in [9.17, 15) is 4.79 Å². The average molecular weight is 340 g/mol. The Hall–Kier alpha value is -2.14. The summed E-state index contributed by atoms with van der Waals surface area (Å²) in [4.78, 5) is 14.8. The van der Waals surface area contributed by atoms with Crippen LogP contribution in [0.3, 0.4) is 0 Å². The van der Waals surface area contributed by atoms with Gasteiger partial charge in [-0.15, -0.1) is 0 Å². The second kappa shape index (κ2) is 7.83. The molecule has 0 bridgehead atoms. The number of aromatic nitrogens is 2. The fraction of sp³-hybridized carbons (Fsp3) is 0.500. The lowest BCUT2D eigenvalue weighted by Gasteiger charge is -2.23. The molecule has 0 spiro atoms. The first-order valence-electron chi connectivity index (χ1n) is 9.15. The Morgan fingerprint density at radius 3 is 2.48 bits per heavy atom. The topological polar surface area (TPSA) is 50.2 Å². The van der Waals surface area contributed by atoms with Gasteiger partial charge in [-0.05, 0) is 70.5 Å². The summed E-state index contributed by atoms with van der Waals surface area (Å²) in [5.41, 5.74) is 4.04. The third-order valence-electron chi connectivity index (χ3n) is 4.97. The van der Waals surface area contributed by atoms with Crippen molar-refractivity contribution in [2.75, 3.05) is 19.6 Å². The van der Waals surface area contributed by atoms with Crippen LogP contribution in [0, 0.1) is 13.8 Å². The third kappa shape index (κ3) is 4.48. The van der Waals surface area contributed by atoms with Crippen molar-refractivity contribution in [1.82, 2.24) is 20.0 Å². The molecule has 1 aromatic carbocycles. The summed E-state index contributed by atoms with van der Waals surface area (Å²) in [6.07, 6.45) is 2.55. The third-order valence-corrected chi connectivity index (χ3v) is 4.97. The summed E-state index contributed by atoms with van der Waals surface area (Å²) in [7, 11) is 0. The van der Waals surface area contributed by atoms with Gasteiger partial charge in [-0.3, -0.25) is 14.4 Å². The van der Waals surface area contributed by atoms with Crippen LogP contribution in [-0.4, -0.2) is 46.3 Å². The van der Waals surface area contributed by atoms with Crippen LogP contribution >= 0.6 is 0 Å². The van der Waals surface area contributed by atoms with Gasteiger partial charge < -0.3 is 5.32 Å². The molecule has 25 heavy (non-hydrogen) atoms. The van der Waals surface area contributed by atoms with Crippen molar-refractivity contribution in [3.8, 4) is 0 Å². The Kier molecular flexibility index (Phi) is 5.53. The number of hydrogen-bond acceptors (Lipinski definition) is 3. The van der Waals surface area contributed by atoms with Gasteiger partial charge in [-0.25, -0.2) is 0 Å². The molecule has 1 aliphatic heterocycles. The molecule has 0 aliphatic carbocycles. The van der Waals surface area contributed by atoms with Crippen molar-refractivity contribution < 1.29 is 4.79 Å². The highest BCUT2D eigenvalue weighted by Gasteiger charge is 2.18. The molecule has 1 saturated heterocycles. The number of aryl methyl sites for hydroxylation is 2. The summed E-state index contributed by atoms with van der Waals surface area (Å²) in [5.74, 6) is 0.00344. The lowest BCUT2D eigenvalue weighted by atomic mass is 10.1. The van der Waals surface area contributed by atoms with Gasteiger partial charge in [0.15, 0.2) is 0 Å². The molecule has 2 heterocycles. The Labute approximate surface area is 150 Å². The van der Waals surface area contributed by atoms with Crippen molar-refractivity contribution >= 4 is 5.91 Å². The summed E-state index contributed by atoms with van der Waals surface area (Å²) < 4.78 is 1.99. The van der Waals surface area contributed by atoms with Crippen molar-refractivity contribution in [3.05, 3.63) is 52.8 Å². The van der Waals surface area contributed by atoms with Crippen molar-refractivity contribution in [3.63, 3.8) is 0 Å². The van der Waals surface area contributed by atoms with E-state index in [1.807, 2.05) is 35.9 Å². The highest BCUT2D eigenvalue weighted by molar-refractivity contribution is 5.94. The van der Waals surface area contributed by atoms with E-state index in [1.165, 1.54) is 12.8 Å². The largest absolute Gasteiger partial charge is 0.350 e. The molecule has 5 nitrogen and oxygen atoms in total. The summed E-state index contributed by atoms with van der Waals surface area (Å²) >= 11 is 0. The van der Waals surface area contributed by atoms with Crippen LogP contribution in [0.15, 0.2) is 30.3 Å². The smallest absolute Gasteiger partial charge is 0.251 e. The number of rotatable bonds is 6. The minimum absolute atomic E-state index is 0.00344. The first-order chi connectivity index (χ1) is 12.0. The highest BCUT2D eigenvalue weighted by atomic mass is 16.1. The summed E-state index contributed by atoms with van der Waals surface area (Å²) in [6, 6.07) is 10.3. The number of likely N-dealkylation sites (tertiary alicyclic amines) is 1. The Morgan fingerprint density at radius 1 is 1.20 bits per heavy atom. The van der Waals surface area contributed by atoms with E-state index in [1.54, 1.807) is 0 Å². The van der Waals surface area contributed by atoms with E-state index in [0.29, 0.717) is 18.2 Å². The van der Waals surface area contributed by atoms with Gasteiger partial charge in [0.25, 0.3) is 5.91 Å². The molecule has 0 radical (unpaired) electrons. The molecule has 1 aliphatic rings. The fourth-order valence-electron chi connectivity index (χ4n) is 3.42. The normalized spacial score (nSPS) is 16.1. The number of hydrogen-bond donors (Lipinski definition) is 1. The molecular weight excluding hydrogens is 312 g/mol. The molecule has 1 fully saturated rings. The molecule has 1 amide bonds. The predicted molar refractivity (Wildman–Crippen MR) is 99.8 cm³/mol. The second-order valence-corrected chi connectivity index (χ2v) is 7.08. The standard InChI is InChI=1S/C20H28N4O/c1-15-12-16(2)24(22-15)14-18-6-8-19(9-7-18)20(25)21-13-17(3)23-10-4-5-11-23/h6-9,12,17H,4-5,10-11,13-14H2,1-3H3,(H,21,25)/t17-/m1/s1. The van der Waals surface area contributed by atoms with Gasteiger partial charge in [0.2, 0.25) is 0 Å². The number of nitrogens with zero attached hydrogens (tertiary/aromatic N) is 3. The Morgan fingerprint density at radius 2 is 1.88 bits per heavy atom. The van der Waals surface area contributed by atoms with Crippen LogP contribution in [-0.2, 0) is 6.54 Å². The molecule has 0 saturated carbocycles. The molecule has 1 N–H and O–H groups in total.